The second-order valence-electron chi connectivity index (χ2n) is 2.92. The van der Waals surface area contributed by atoms with Crippen molar-refractivity contribution in [3.63, 3.8) is 0 Å². The Kier molecular flexibility index (Phi) is 10.7. The van der Waals surface area contributed by atoms with Crippen molar-refractivity contribution in [2.24, 2.45) is 5.73 Å². The minimum atomic E-state index is -0.551. The van der Waals surface area contributed by atoms with Gasteiger partial charge in [-0.1, -0.05) is 0 Å². The highest BCUT2D eigenvalue weighted by Gasteiger charge is 1.99. The summed E-state index contributed by atoms with van der Waals surface area (Å²) in [4.78, 5) is 0. The minimum absolute atomic E-state index is 0.240. The van der Waals surface area contributed by atoms with Gasteiger partial charge in [0.1, 0.15) is 0 Å². The number of aliphatic hydroxyl groups excluding tert-OH is 1. The van der Waals surface area contributed by atoms with E-state index in [4.69, 9.17) is 25.1 Å². The van der Waals surface area contributed by atoms with Crippen molar-refractivity contribution in [2.45, 2.75) is 12.5 Å². The molecular weight excluding hydrogens is 186 g/mol. The van der Waals surface area contributed by atoms with Crippen molar-refractivity contribution in [1.82, 2.24) is 0 Å². The van der Waals surface area contributed by atoms with Gasteiger partial charge < -0.3 is 25.1 Å². The van der Waals surface area contributed by atoms with Crippen molar-refractivity contribution in [2.75, 3.05) is 46.7 Å². The fourth-order valence-electron chi connectivity index (χ4n) is 0.795. The number of rotatable bonds is 10. The van der Waals surface area contributed by atoms with Crippen LogP contribution in [0.1, 0.15) is 6.42 Å². The lowest BCUT2D eigenvalue weighted by Crippen LogP contribution is -2.25. The van der Waals surface area contributed by atoms with Crippen LogP contribution in [0.3, 0.4) is 0 Å². The molecule has 0 saturated carbocycles. The molecule has 0 bridgehead atoms. The molecule has 0 rings (SSSR count). The van der Waals surface area contributed by atoms with Crippen molar-refractivity contribution in [3.8, 4) is 0 Å². The monoisotopic (exact) mass is 207 g/mol. The van der Waals surface area contributed by atoms with Crippen LogP contribution in [-0.4, -0.2) is 57.9 Å². The van der Waals surface area contributed by atoms with E-state index in [1.807, 2.05) is 0 Å². The highest BCUT2D eigenvalue weighted by Crippen LogP contribution is 1.88. The zero-order valence-corrected chi connectivity index (χ0v) is 8.78. The zero-order chi connectivity index (χ0) is 10.6. The van der Waals surface area contributed by atoms with Gasteiger partial charge in [-0.3, -0.25) is 0 Å². The maximum Gasteiger partial charge on any atom is 0.0895 e. The third kappa shape index (κ3) is 9.88. The second kappa shape index (κ2) is 10.9. The van der Waals surface area contributed by atoms with Gasteiger partial charge in [0.25, 0.3) is 0 Å². The Balaban J connectivity index is 2.92. The van der Waals surface area contributed by atoms with Crippen molar-refractivity contribution >= 4 is 0 Å². The van der Waals surface area contributed by atoms with E-state index in [1.54, 1.807) is 7.11 Å². The SMILES string of the molecule is COCCOCCCOCC(O)CN. The van der Waals surface area contributed by atoms with Gasteiger partial charge in [-0.25, -0.2) is 0 Å². The van der Waals surface area contributed by atoms with Gasteiger partial charge in [0.15, 0.2) is 0 Å². The summed E-state index contributed by atoms with van der Waals surface area (Å²) in [7, 11) is 1.64. The van der Waals surface area contributed by atoms with Crippen LogP contribution in [-0.2, 0) is 14.2 Å². The normalized spacial score (nSPS) is 13.1. The number of nitrogens with two attached hydrogens (primary N) is 1. The number of aliphatic hydroxyl groups is 1. The molecule has 0 saturated heterocycles. The Morgan fingerprint density at radius 1 is 1.14 bits per heavy atom. The van der Waals surface area contributed by atoms with Crippen molar-refractivity contribution in [3.05, 3.63) is 0 Å². The average Bonchev–Trinajstić information content (AvgIpc) is 2.21. The van der Waals surface area contributed by atoms with Crippen LogP contribution in [0.2, 0.25) is 0 Å². The molecular formula is C9H21NO4. The molecule has 0 aliphatic carbocycles. The lowest BCUT2D eigenvalue weighted by atomic mass is 10.4. The summed E-state index contributed by atoms with van der Waals surface area (Å²) >= 11 is 0. The molecule has 0 amide bonds. The van der Waals surface area contributed by atoms with E-state index in [0.29, 0.717) is 33.0 Å². The highest BCUT2D eigenvalue weighted by molar-refractivity contribution is 4.52. The maximum absolute atomic E-state index is 9.03. The molecule has 5 heteroatoms. The van der Waals surface area contributed by atoms with Crippen LogP contribution in [0.4, 0.5) is 0 Å². The quantitative estimate of drug-likeness (QED) is 0.467. The molecule has 0 fully saturated rings. The molecule has 1 atom stereocenters. The highest BCUT2D eigenvalue weighted by atomic mass is 16.5. The molecule has 0 aromatic heterocycles. The van der Waals surface area contributed by atoms with Crippen LogP contribution in [0.25, 0.3) is 0 Å². The lowest BCUT2D eigenvalue weighted by molar-refractivity contribution is 0.0218. The molecule has 0 radical (unpaired) electrons. The first-order chi connectivity index (χ1) is 6.81. The Bertz CT molecular complexity index is 113. The van der Waals surface area contributed by atoms with Crippen LogP contribution in [0.5, 0.6) is 0 Å². The average molecular weight is 207 g/mol. The topological polar surface area (TPSA) is 73.9 Å². The number of methoxy groups -OCH3 is 1. The van der Waals surface area contributed by atoms with Crippen LogP contribution < -0.4 is 5.73 Å². The predicted octanol–water partition coefficient (Wildman–Crippen LogP) is -0.624. The third-order valence-electron chi connectivity index (χ3n) is 1.59. The van der Waals surface area contributed by atoms with E-state index in [2.05, 4.69) is 0 Å². The van der Waals surface area contributed by atoms with E-state index in [9.17, 15) is 0 Å². The van der Waals surface area contributed by atoms with Gasteiger partial charge in [0.05, 0.1) is 25.9 Å². The molecule has 5 nitrogen and oxygen atoms in total. The summed E-state index contributed by atoms with van der Waals surface area (Å²) in [6.45, 7) is 3.01. The number of hydrogen-bond donors (Lipinski definition) is 2. The van der Waals surface area contributed by atoms with Crippen molar-refractivity contribution in [1.29, 1.82) is 0 Å². The Morgan fingerprint density at radius 2 is 1.86 bits per heavy atom. The summed E-state index contributed by atoms with van der Waals surface area (Å²) in [5.41, 5.74) is 5.20. The maximum atomic E-state index is 9.03. The van der Waals surface area contributed by atoms with Crippen LogP contribution in [0, 0.1) is 0 Å². The third-order valence-corrected chi connectivity index (χ3v) is 1.59. The van der Waals surface area contributed by atoms with E-state index >= 15 is 0 Å². The molecule has 0 heterocycles. The van der Waals surface area contributed by atoms with Crippen molar-refractivity contribution < 1.29 is 19.3 Å². The Labute approximate surface area is 85.1 Å². The van der Waals surface area contributed by atoms with Gasteiger partial charge in [0.2, 0.25) is 0 Å². The van der Waals surface area contributed by atoms with Gasteiger partial charge in [0, 0.05) is 26.9 Å². The van der Waals surface area contributed by atoms with Gasteiger partial charge in [-0.05, 0) is 6.42 Å². The van der Waals surface area contributed by atoms with E-state index in [1.165, 1.54) is 0 Å². The summed E-state index contributed by atoms with van der Waals surface area (Å²) < 4.78 is 15.2. The standard InChI is InChI=1S/C9H21NO4/c1-12-5-6-13-3-2-4-14-8-9(11)7-10/h9,11H,2-8,10H2,1H3. The Hall–Kier alpha value is -0.200. The van der Waals surface area contributed by atoms with E-state index in [-0.39, 0.29) is 6.54 Å². The molecule has 0 aromatic rings. The summed E-state index contributed by atoms with van der Waals surface area (Å²) in [5.74, 6) is 0. The molecule has 0 aliphatic rings. The molecule has 1 unspecified atom stereocenters. The van der Waals surface area contributed by atoms with E-state index in [0.717, 1.165) is 6.42 Å². The van der Waals surface area contributed by atoms with E-state index < -0.39 is 6.10 Å². The Morgan fingerprint density at radius 3 is 2.50 bits per heavy atom. The number of hydrogen-bond acceptors (Lipinski definition) is 5. The predicted molar refractivity (Wildman–Crippen MR) is 53.2 cm³/mol. The summed E-state index contributed by atoms with van der Waals surface area (Å²) in [6.07, 6.45) is 0.269. The summed E-state index contributed by atoms with van der Waals surface area (Å²) in [6, 6.07) is 0. The zero-order valence-electron chi connectivity index (χ0n) is 8.78. The van der Waals surface area contributed by atoms with Crippen LogP contribution in [0.15, 0.2) is 0 Å². The first-order valence-corrected chi connectivity index (χ1v) is 4.83. The first-order valence-electron chi connectivity index (χ1n) is 4.83. The molecule has 14 heavy (non-hydrogen) atoms. The molecule has 0 aliphatic heterocycles. The smallest absolute Gasteiger partial charge is 0.0895 e. The molecule has 0 aromatic carbocycles. The van der Waals surface area contributed by atoms with Gasteiger partial charge in [-0.15, -0.1) is 0 Å². The largest absolute Gasteiger partial charge is 0.389 e. The fraction of sp³-hybridized carbons (Fsp3) is 1.00. The first kappa shape index (κ1) is 13.8. The van der Waals surface area contributed by atoms with Gasteiger partial charge >= 0.3 is 0 Å². The molecule has 0 spiro atoms. The number of ether oxygens (including phenoxy) is 3. The lowest BCUT2D eigenvalue weighted by Gasteiger charge is -2.08. The minimum Gasteiger partial charge on any atom is -0.389 e. The summed E-state index contributed by atoms with van der Waals surface area (Å²) in [5, 5.41) is 9.03. The van der Waals surface area contributed by atoms with Crippen LogP contribution >= 0.6 is 0 Å². The second-order valence-corrected chi connectivity index (χ2v) is 2.92. The fourth-order valence-corrected chi connectivity index (χ4v) is 0.795. The van der Waals surface area contributed by atoms with Gasteiger partial charge in [-0.2, -0.15) is 0 Å². The molecule has 3 N–H and O–H groups in total. The molecule has 86 valence electrons.